The van der Waals surface area contributed by atoms with Crippen LogP contribution in [-0.4, -0.2) is 34.8 Å². The van der Waals surface area contributed by atoms with Gasteiger partial charge < -0.3 is 14.8 Å². The Kier molecular flexibility index (Phi) is 5.00. The summed E-state index contributed by atoms with van der Waals surface area (Å²) < 4.78 is 12.7. The number of rotatable bonds is 4. The van der Waals surface area contributed by atoms with Gasteiger partial charge in [-0.2, -0.15) is 4.98 Å². The smallest absolute Gasteiger partial charge is 0.226 e. The maximum absolute atomic E-state index is 13.4. The summed E-state index contributed by atoms with van der Waals surface area (Å²) >= 11 is 0. The molecule has 1 aliphatic heterocycles. The minimum atomic E-state index is -0.325. The monoisotopic (exact) mass is 444 g/mol. The van der Waals surface area contributed by atoms with E-state index in [1.54, 1.807) is 14.2 Å². The molecule has 33 heavy (non-hydrogen) atoms. The number of ether oxygens (including phenoxy) is 2. The fraction of sp³-hybridized carbons (Fsp3) is 0.346. The topological polar surface area (TPSA) is 78.3 Å². The zero-order valence-corrected chi connectivity index (χ0v) is 19.6. The first-order valence-electron chi connectivity index (χ1n) is 11.1. The van der Waals surface area contributed by atoms with E-state index >= 15 is 0 Å². The van der Waals surface area contributed by atoms with E-state index in [1.165, 1.54) is 0 Å². The fourth-order valence-corrected chi connectivity index (χ4v) is 4.82. The van der Waals surface area contributed by atoms with Crippen LogP contribution in [0, 0.1) is 12.3 Å². The predicted molar refractivity (Wildman–Crippen MR) is 127 cm³/mol. The molecule has 1 aromatic heterocycles. The summed E-state index contributed by atoms with van der Waals surface area (Å²) in [6, 6.07) is 13.5. The Morgan fingerprint density at radius 1 is 1.06 bits per heavy atom. The van der Waals surface area contributed by atoms with Gasteiger partial charge in [-0.25, -0.2) is 4.68 Å². The second-order valence-electron chi connectivity index (χ2n) is 9.58. The highest BCUT2D eigenvalue weighted by Crippen LogP contribution is 2.46. The van der Waals surface area contributed by atoms with Crippen LogP contribution < -0.4 is 14.8 Å². The average Bonchev–Trinajstić information content (AvgIpc) is 3.20. The first-order valence-corrected chi connectivity index (χ1v) is 11.1. The number of carbonyl (C=O) groups is 1. The maximum atomic E-state index is 13.4. The number of allylic oxidation sites excluding steroid dienone is 2. The van der Waals surface area contributed by atoms with Gasteiger partial charge in [0.2, 0.25) is 5.95 Å². The van der Waals surface area contributed by atoms with Gasteiger partial charge >= 0.3 is 0 Å². The second-order valence-corrected chi connectivity index (χ2v) is 9.58. The van der Waals surface area contributed by atoms with Crippen LogP contribution in [0.5, 0.6) is 11.5 Å². The molecule has 2 aliphatic rings. The van der Waals surface area contributed by atoms with Crippen LogP contribution in [0.25, 0.3) is 11.4 Å². The number of carbonyl (C=O) groups excluding carboxylic acids is 1. The lowest BCUT2D eigenvalue weighted by molar-refractivity contribution is -0.118. The minimum Gasteiger partial charge on any atom is -0.497 e. The molecule has 170 valence electrons. The van der Waals surface area contributed by atoms with E-state index in [2.05, 4.69) is 44.3 Å². The maximum Gasteiger partial charge on any atom is 0.226 e. The number of aromatic nitrogens is 3. The molecular formula is C26H28N4O3. The van der Waals surface area contributed by atoms with Crippen LogP contribution in [0.15, 0.2) is 53.7 Å². The first kappa shape index (κ1) is 21.2. The Hall–Kier alpha value is -3.61. The third-order valence-corrected chi connectivity index (χ3v) is 6.30. The molecule has 0 bridgehead atoms. The summed E-state index contributed by atoms with van der Waals surface area (Å²) in [7, 11) is 3.23. The van der Waals surface area contributed by atoms with Gasteiger partial charge in [-0.15, -0.1) is 5.10 Å². The van der Waals surface area contributed by atoms with Crippen molar-refractivity contribution in [3.05, 3.63) is 64.9 Å². The molecule has 5 rings (SSSR count). The highest BCUT2D eigenvalue weighted by atomic mass is 16.5. The molecule has 1 atom stereocenters. The number of aryl methyl sites for hydroxylation is 1. The number of ketones is 1. The van der Waals surface area contributed by atoms with E-state index in [1.807, 2.05) is 28.9 Å². The van der Waals surface area contributed by atoms with Crippen molar-refractivity contribution in [1.29, 1.82) is 0 Å². The van der Waals surface area contributed by atoms with Crippen molar-refractivity contribution in [2.24, 2.45) is 5.41 Å². The van der Waals surface area contributed by atoms with Gasteiger partial charge in [0.1, 0.15) is 17.5 Å². The Balaban J connectivity index is 1.68. The minimum absolute atomic E-state index is 0.106. The molecule has 2 heterocycles. The lowest BCUT2D eigenvalue weighted by Gasteiger charge is -2.38. The second kappa shape index (κ2) is 7.76. The number of nitrogens with one attached hydrogen (secondary N) is 1. The number of benzene rings is 2. The number of anilines is 1. The van der Waals surface area contributed by atoms with Gasteiger partial charge in [0.05, 0.1) is 14.2 Å². The van der Waals surface area contributed by atoms with Gasteiger partial charge in [-0.05, 0) is 36.5 Å². The summed E-state index contributed by atoms with van der Waals surface area (Å²) in [5.41, 5.74) is 4.56. The summed E-state index contributed by atoms with van der Waals surface area (Å²) in [4.78, 5) is 18.2. The predicted octanol–water partition coefficient (Wildman–Crippen LogP) is 4.93. The molecule has 3 aromatic rings. The number of nitrogens with zero attached hydrogens (tertiary/aromatic N) is 3. The molecule has 1 unspecified atom stereocenters. The van der Waals surface area contributed by atoms with Crippen LogP contribution >= 0.6 is 0 Å². The number of methoxy groups -OCH3 is 2. The number of hydrogen-bond donors (Lipinski definition) is 1. The zero-order chi connectivity index (χ0) is 23.3. The van der Waals surface area contributed by atoms with E-state index in [0.717, 1.165) is 34.4 Å². The summed E-state index contributed by atoms with van der Waals surface area (Å²) in [5, 5.41) is 8.30. The van der Waals surface area contributed by atoms with Crippen LogP contribution in [0.1, 0.15) is 43.9 Å². The van der Waals surface area contributed by atoms with E-state index < -0.39 is 0 Å². The number of fused-ring (bicyclic) bond motifs is 1. The lowest BCUT2D eigenvalue weighted by atomic mass is 9.73. The van der Waals surface area contributed by atoms with Crippen molar-refractivity contribution < 1.29 is 14.3 Å². The average molecular weight is 445 g/mol. The van der Waals surface area contributed by atoms with E-state index in [0.29, 0.717) is 29.7 Å². The molecule has 2 aromatic carbocycles. The van der Waals surface area contributed by atoms with Crippen molar-refractivity contribution in [3.8, 4) is 22.9 Å². The molecule has 0 fully saturated rings. The lowest BCUT2D eigenvalue weighted by Crippen LogP contribution is -2.36. The van der Waals surface area contributed by atoms with Crippen LogP contribution in [0.2, 0.25) is 0 Å². The van der Waals surface area contributed by atoms with Gasteiger partial charge in [0, 0.05) is 29.3 Å². The summed E-state index contributed by atoms with van der Waals surface area (Å²) in [6.45, 7) is 6.32. The highest BCUT2D eigenvalue weighted by Gasteiger charge is 2.42. The van der Waals surface area contributed by atoms with Gasteiger partial charge in [0.15, 0.2) is 11.6 Å². The van der Waals surface area contributed by atoms with Crippen LogP contribution in [0.3, 0.4) is 0 Å². The molecule has 7 nitrogen and oxygen atoms in total. The van der Waals surface area contributed by atoms with Crippen LogP contribution in [0.4, 0.5) is 5.95 Å². The number of Topliss-reactive ketones (excluding diaryl/α,β-unsaturated/α-hetero) is 1. The van der Waals surface area contributed by atoms with Crippen molar-refractivity contribution >= 4 is 11.7 Å². The standard InChI is InChI=1S/C26H28N4O3/c1-15-7-6-8-16(9-15)23-22-20(13-26(2,3)14-21(22)31)27-25-28-24(29-30(23)25)17-10-18(32-4)12-19(11-17)33-5/h6-12,23H,13-14H2,1-5H3,(H,27,28,29). The third kappa shape index (κ3) is 3.77. The van der Waals surface area contributed by atoms with Gasteiger partial charge in [-0.3, -0.25) is 4.79 Å². The van der Waals surface area contributed by atoms with E-state index in [9.17, 15) is 4.79 Å². The molecule has 0 spiro atoms. The molecular weight excluding hydrogens is 416 g/mol. The fourth-order valence-electron chi connectivity index (χ4n) is 4.82. The molecule has 0 saturated carbocycles. The molecule has 0 amide bonds. The van der Waals surface area contributed by atoms with Gasteiger partial charge in [-0.1, -0.05) is 43.7 Å². The first-order chi connectivity index (χ1) is 15.8. The highest BCUT2D eigenvalue weighted by molar-refractivity contribution is 6.00. The molecule has 0 radical (unpaired) electrons. The zero-order valence-electron chi connectivity index (χ0n) is 19.6. The van der Waals surface area contributed by atoms with E-state index in [4.69, 9.17) is 19.6 Å². The van der Waals surface area contributed by atoms with Crippen molar-refractivity contribution in [2.45, 2.75) is 39.7 Å². The summed E-state index contributed by atoms with van der Waals surface area (Å²) in [5.74, 6) is 2.65. The Morgan fingerprint density at radius 3 is 2.45 bits per heavy atom. The Morgan fingerprint density at radius 2 is 1.79 bits per heavy atom. The molecule has 0 saturated heterocycles. The third-order valence-electron chi connectivity index (χ3n) is 6.30. The van der Waals surface area contributed by atoms with E-state index in [-0.39, 0.29) is 17.2 Å². The number of hydrogen-bond acceptors (Lipinski definition) is 6. The molecule has 1 N–H and O–H groups in total. The van der Waals surface area contributed by atoms with Gasteiger partial charge in [0.25, 0.3) is 0 Å². The quantitative estimate of drug-likeness (QED) is 0.615. The van der Waals surface area contributed by atoms with Crippen molar-refractivity contribution in [2.75, 3.05) is 19.5 Å². The SMILES string of the molecule is COc1cc(OC)cc(-c2nc3n(n2)C(c2cccc(C)c2)C2=C(CC(C)(C)CC2=O)N3)c1. The molecule has 7 heteroatoms. The Labute approximate surface area is 193 Å². The van der Waals surface area contributed by atoms with Crippen molar-refractivity contribution in [3.63, 3.8) is 0 Å². The largest absolute Gasteiger partial charge is 0.497 e. The Bertz CT molecular complexity index is 1270. The summed E-state index contributed by atoms with van der Waals surface area (Å²) in [6.07, 6.45) is 1.30. The molecule has 1 aliphatic carbocycles. The van der Waals surface area contributed by atoms with Crippen molar-refractivity contribution in [1.82, 2.24) is 14.8 Å². The normalized spacial score (nSPS) is 18.9. The van der Waals surface area contributed by atoms with Crippen LogP contribution in [-0.2, 0) is 4.79 Å².